The minimum Gasteiger partial charge on any atom is -0.478 e. The highest BCUT2D eigenvalue weighted by Gasteiger charge is 2.23. The van der Waals surface area contributed by atoms with Crippen molar-refractivity contribution in [1.82, 2.24) is 4.90 Å². The van der Waals surface area contributed by atoms with Crippen molar-refractivity contribution in [3.63, 3.8) is 0 Å². The Kier molecular flexibility index (Phi) is 6.79. The van der Waals surface area contributed by atoms with Crippen molar-refractivity contribution >= 4 is 29.3 Å². The van der Waals surface area contributed by atoms with E-state index in [0.29, 0.717) is 32.8 Å². The number of ether oxygens (including phenoxy) is 2. The lowest BCUT2D eigenvalue weighted by molar-refractivity contribution is -0.119. The number of piperazine rings is 1. The number of rotatable bonds is 6. The third-order valence-electron chi connectivity index (χ3n) is 3.95. The molecule has 0 aromatic heterocycles. The van der Waals surface area contributed by atoms with E-state index >= 15 is 0 Å². The fraction of sp³-hybridized carbons (Fsp3) is 0.471. The lowest BCUT2D eigenvalue weighted by Gasteiger charge is -2.35. The van der Waals surface area contributed by atoms with Crippen molar-refractivity contribution in [2.75, 3.05) is 56.7 Å². The summed E-state index contributed by atoms with van der Waals surface area (Å²) in [5, 5.41) is 12.0. The quantitative estimate of drug-likeness (QED) is 0.781. The minimum atomic E-state index is -1.13. The van der Waals surface area contributed by atoms with Gasteiger partial charge < -0.3 is 29.7 Å². The summed E-state index contributed by atoms with van der Waals surface area (Å²) in [7, 11) is 1.39. The van der Waals surface area contributed by atoms with Crippen LogP contribution in [0.25, 0.3) is 0 Å². The Morgan fingerprint density at radius 3 is 2.46 bits per heavy atom. The van der Waals surface area contributed by atoms with E-state index in [1.807, 2.05) is 4.90 Å². The van der Waals surface area contributed by atoms with E-state index in [4.69, 9.17) is 9.47 Å². The van der Waals surface area contributed by atoms with Crippen LogP contribution in [0.3, 0.4) is 0 Å². The zero-order chi connectivity index (χ0) is 19.1. The van der Waals surface area contributed by atoms with Gasteiger partial charge in [-0.25, -0.2) is 9.59 Å². The summed E-state index contributed by atoms with van der Waals surface area (Å²) >= 11 is 0. The van der Waals surface area contributed by atoms with E-state index in [1.54, 1.807) is 24.0 Å². The zero-order valence-corrected chi connectivity index (χ0v) is 14.9. The molecule has 0 radical (unpaired) electrons. The van der Waals surface area contributed by atoms with Crippen LogP contribution in [0, 0.1) is 0 Å². The van der Waals surface area contributed by atoms with Gasteiger partial charge in [0.15, 0.2) is 0 Å². The first kappa shape index (κ1) is 19.5. The van der Waals surface area contributed by atoms with Gasteiger partial charge in [-0.1, -0.05) is 0 Å². The van der Waals surface area contributed by atoms with Gasteiger partial charge in [0.05, 0.1) is 17.9 Å². The number of carboxylic acids is 1. The molecule has 1 aliphatic rings. The number of hydrogen-bond donors (Lipinski definition) is 2. The molecule has 1 fully saturated rings. The van der Waals surface area contributed by atoms with E-state index in [2.05, 4.69) is 5.32 Å². The van der Waals surface area contributed by atoms with Crippen molar-refractivity contribution < 1.29 is 29.0 Å². The Morgan fingerprint density at radius 2 is 1.88 bits per heavy atom. The molecule has 2 amide bonds. The minimum absolute atomic E-state index is 0.000208. The predicted octanol–water partition coefficient (Wildman–Crippen LogP) is 1.25. The van der Waals surface area contributed by atoms with E-state index in [1.165, 1.54) is 13.2 Å². The van der Waals surface area contributed by atoms with Crippen LogP contribution < -0.4 is 10.2 Å². The van der Waals surface area contributed by atoms with E-state index in [-0.39, 0.29) is 24.0 Å². The molecular weight excluding hydrogens is 342 g/mol. The average molecular weight is 365 g/mol. The Morgan fingerprint density at radius 1 is 1.19 bits per heavy atom. The number of carbonyl (C=O) groups is 3. The van der Waals surface area contributed by atoms with Crippen LogP contribution in [0.2, 0.25) is 0 Å². The van der Waals surface area contributed by atoms with E-state index in [9.17, 15) is 19.5 Å². The summed E-state index contributed by atoms with van der Waals surface area (Å²) < 4.78 is 9.72. The number of nitrogens with zero attached hydrogens (tertiary/aromatic N) is 2. The van der Waals surface area contributed by atoms with Crippen LogP contribution in [0.1, 0.15) is 17.3 Å². The fourth-order valence-corrected chi connectivity index (χ4v) is 2.69. The lowest BCUT2D eigenvalue weighted by atomic mass is 10.1. The van der Waals surface area contributed by atoms with Crippen LogP contribution in [0.15, 0.2) is 18.2 Å². The molecule has 0 atom stereocenters. The van der Waals surface area contributed by atoms with Crippen molar-refractivity contribution in [3.8, 4) is 0 Å². The monoisotopic (exact) mass is 365 g/mol. The summed E-state index contributed by atoms with van der Waals surface area (Å²) in [6.45, 7) is 4.05. The molecule has 0 saturated carbocycles. The van der Waals surface area contributed by atoms with Crippen LogP contribution in [-0.4, -0.2) is 74.5 Å². The van der Waals surface area contributed by atoms with E-state index < -0.39 is 11.9 Å². The number of carbonyl (C=O) groups excluding carboxylic acids is 2. The van der Waals surface area contributed by atoms with Gasteiger partial charge in [0.25, 0.3) is 0 Å². The SMILES string of the molecule is CCOC(=O)N1CCN(c2ccc(NC(=O)COC)c(C(=O)O)c2)CC1. The van der Waals surface area contributed by atoms with Crippen LogP contribution in [0.5, 0.6) is 0 Å². The molecule has 0 spiro atoms. The van der Waals surface area contributed by atoms with Gasteiger partial charge in [-0.3, -0.25) is 4.79 Å². The summed E-state index contributed by atoms with van der Waals surface area (Å²) in [6.07, 6.45) is -0.338. The standard InChI is InChI=1S/C17H23N3O6/c1-3-26-17(24)20-8-6-19(7-9-20)12-4-5-14(13(10-12)16(22)23)18-15(21)11-25-2/h4-5,10H,3,6-9,11H2,1-2H3,(H,18,21)(H,22,23). The number of methoxy groups -OCH3 is 1. The molecule has 1 saturated heterocycles. The zero-order valence-electron chi connectivity index (χ0n) is 14.9. The Hall–Kier alpha value is -2.81. The number of carboxylic acid groups (broad SMARTS) is 1. The van der Waals surface area contributed by atoms with Gasteiger partial charge in [0.2, 0.25) is 5.91 Å². The van der Waals surface area contributed by atoms with Gasteiger partial charge in [0.1, 0.15) is 6.61 Å². The first-order valence-corrected chi connectivity index (χ1v) is 8.29. The van der Waals surface area contributed by atoms with E-state index in [0.717, 1.165) is 5.69 Å². The van der Waals surface area contributed by atoms with Gasteiger partial charge >= 0.3 is 12.1 Å². The average Bonchev–Trinajstić information content (AvgIpc) is 2.62. The Bertz CT molecular complexity index is 670. The molecule has 1 aliphatic heterocycles. The van der Waals surface area contributed by atoms with Gasteiger partial charge in [-0.05, 0) is 25.1 Å². The Balaban J connectivity index is 2.09. The normalized spacial score (nSPS) is 14.1. The van der Waals surface area contributed by atoms with Gasteiger partial charge in [-0.15, -0.1) is 0 Å². The number of amides is 2. The second kappa shape index (κ2) is 9.04. The molecule has 9 heteroatoms. The summed E-state index contributed by atoms with van der Waals surface area (Å²) in [5.41, 5.74) is 0.934. The van der Waals surface area contributed by atoms with Crippen molar-refractivity contribution in [3.05, 3.63) is 23.8 Å². The number of nitrogens with one attached hydrogen (secondary N) is 1. The highest BCUT2D eigenvalue weighted by atomic mass is 16.6. The third kappa shape index (κ3) is 4.85. The van der Waals surface area contributed by atoms with Gasteiger partial charge in [0, 0.05) is 39.0 Å². The highest BCUT2D eigenvalue weighted by molar-refractivity contribution is 6.01. The molecule has 0 aliphatic carbocycles. The molecule has 2 N–H and O–H groups in total. The van der Waals surface area contributed by atoms with Crippen LogP contribution >= 0.6 is 0 Å². The highest BCUT2D eigenvalue weighted by Crippen LogP contribution is 2.24. The second-order valence-electron chi connectivity index (χ2n) is 5.69. The summed E-state index contributed by atoms with van der Waals surface area (Å²) in [5.74, 6) is -1.56. The first-order valence-electron chi connectivity index (χ1n) is 8.29. The second-order valence-corrected chi connectivity index (χ2v) is 5.69. The van der Waals surface area contributed by atoms with Crippen LogP contribution in [-0.2, 0) is 14.3 Å². The molecular formula is C17H23N3O6. The molecule has 0 bridgehead atoms. The fourth-order valence-electron chi connectivity index (χ4n) is 2.69. The summed E-state index contributed by atoms with van der Waals surface area (Å²) in [6, 6.07) is 4.82. The lowest BCUT2D eigenvalue weighted by Crippen LogP contribution is -2.49. The maximum Gasteiger partial charge on any atom is 0.409 e. The molecule has 1 aromatic carbocycles. The number of hydrogen-bond acceptors (Lipinski definition) is 6. The maximum absolute atomic E-state index is 11.7. The topological polar surface area (TPSA) is 108 Å². The number of benzene rings is 1. The number of aromatic carboxylic acids is 1. The predicted molar refractivity (Wildman–Crippen MR) is 94.7 cm³/mol. The molecule has 9 nitrogen and oxygen atoms in total. The largest absolute Gasteiger partial charge is 0.478 e. The maximum atomic E-state index is 11.7. The molecule has 0 unspecified atom stereocenters. The number of anilines is 2. The molecule has 2 rings (SSSR count). The molecule has 1 aromatic rings. The third-order valence-corrected chi connectivity index (χ3v) is 3.95. The molecule has 1 heterocycles. The van der Waals surface area contributed by atoms with Crippen LogP contribution in [0.4, 0.5) is 16.2 Å². The summed E-state index contributed by atoms with van der Waals surface area (Å²) in [4.78, 5) is 38.5. The molecule has 26 heavy (non-hydrogen) atoms. The van der Waals surface area contributed by atoms with Crippen molar-refractivity contribution in [1.29, 1.82) is 0 Å². The van der Waals surface area contributed by atoms with Crippen molar-refractivity contribution in [2.45, 2.75) is 6.92 Å². The van der Waals surface area contributed by atoms with Gasteiger partial charge in [-0.2, -0.15) is 0 Å². The first-order chi connectivity index (χ1) is 12.5. The Labute approximate surface area is 151 Å². The molecule has 142 valence electrons. The smallest absolute Gasteiger partial charge is 0.409 e. The van der Waals surface area contributed by atoms with Crippen molar-refractivity contribution in [2.24, 2.45) is 0 Å².